The molecule has 0 aliphatic heterocycles. The smallest absolute Gasteiger partial charge is 0.110 e. The topological polar surface area (TPSA) is 49.7 Å². The molecular weight excluding hydrogens is 262 g/mol. The minimum atomic E-state index is 0.828. The molecule has 0 saturated carbocycles. The summed E-state index contributed by atoms with van der Waals surface area (Å²) in [6, 6.07) is 10.3. The molecule has 0 aliphatic rings. The number of H-pyrrole nitrogens is 1. The van der Waals surface area contributed by atoms with Crippen LogP contribution in [0.25, 0.3) is 5.69 Å². The van der Waals surface area contributed by atoms with Crippen LogP contribution in [0.3, 0.4) is 0 Å². The zero-order valence-corrected chi connectivity index (χ0v) is 12.3. The monoisotopic (exact) mass is 281 g/mol. The fraction of sp³-hybridized carbons (Fsp3) is 0.250. The van der Waals surface area contributed by atoms with Crippen molar-refractivity contribution in [2.45, 2.75) is 20.0 Å². The highest BCUT2D eigenvalue weighted by atomic mass is 15.2. The maximum atomic E-state index is 4.46. The number of imidazole rings is 2. The quantitative estimate of drug-likeness (QED) is 0.782. The average Bonchev–Trinajstić information content (AvgIpc) is 3.10. The van der Waals surface area contributed by atoms with E-state index >= 15 is 0 Å². The molecule has 0 saturated heterocycles. The first kappa shape index (κ1) is 13.6. The molecule has 108 valence electrons. The highest BCUT2D eigenvalue weighted by Gasteiger charge is 2.11. The van der Waals surface area contributed by atoms with Gasteiger partial charge in [-0.05, 0) is 26.1 Å². The molecule has 2 heterocycles. The number of aromatic nitrogens is 4. The Morgan fingerprint density at radius 1 is 1.14 bits per heavy atom. The lowest BCUT2D eigenvalue weighted by Crippen LogP contribution is -2.19. The van der Waals surface area contributed by atoms with Gasteiger partial charge >= 0.3 is 0 Å². The molecule has 0 bridgehead atoms. The summed E-state index contributed by atoms with van der Waals surface area (Å²) in [5, 5.41) is 0. The third-order valence-electron chi connectivity index (χ3n) is 3.45. The second-order valence-electron chi connectivity index (χ2n) is 5.22. The second-order valence-corrected chi connectivity index (χ2v) is 5.22. The Morgan fingerprint density at radius 3 is 2.67 bits per heavy atom. The summed E-state index contributed by atoms with van der Waals surface area (Å²) in [6.07, 6.45) is 5.52. The summed E-state index contributed by atoms with van der Waals surface area (Å²) in [7, 11) is 2.10. The van der Waals surface area contributed by atoms with Crippen LogP contribution in [0, 0.1) is 6.92 Å². The van der Waals surface area contributed by atoms with Gasteiger partial charge in [0, 0.05) is 30.7 Å². The molecule has 0 amide bonds. The number of nitrogens with one attached hydrogen (secondary N) is 1. The molecule has 3 rings (SSSR count). The predicted molar refractivity (Wildman–Crippen MR) is 82.1 cm³/mol. The summed E-state index contributed by atoms with van der Waals surface area (Å²) >= 11 is 0. The Bertz CT molecular complexity index is 685. The molecule has 3 aromatic rings. The van der Waals surface area contributed by atoms with Gasteiger partial charge in [-0.1, -0.05) is 18.2 Å². The highest BCUT2D eigenvalue weighted by Crippen LogP contribution is 2.16. The standard InChI is InChI=1S/C16H19N5/c1-13-18-9-16(21(13)15-6-4-3-5-7-15)11-20(2)10-14-8-17-12-19-14/h3-9,12H,10-11H2,1-2H3,(H,17,19). The lowest BCUT2D eigenvalue weighted by Gasteiger charge is -2.17. The zero-order chi connectivity index (χ0) is 14.7. The highest BCUT2D eigenvalue weighted by molar-refractivity contribution is 5.35. The van der Waals surface area contributed by atoms with Crippen LogP contribution in [-0.4, -0.2) is 31.5 Å². The van der Waals surface area contributed by atoms with E-state index in [1.807, 2.05) is 37.5 Å². The van der Waals surface area contributed by atoms with E-state index in [4.69, 9.17) is 0 Å². The van der Waals surface area contributed by atoms with E-state index in [1.165, 1.54) is 5.69 Å². The summed E-state index contributed by atoms with van der Waals surface area (Å²) in [6.45, 7) is 3.69. The van der Waals surface area contributed by atoms with E-state index in [0.29, 0.717) is 0 Å². The first-order valence-corrected chi connectivity index (χ1v) is 6.98. The largest absolute Gasteiger partial charge is 0.347 e. The molecule has 0 spiro atoms. The minimum Gasteiger partial charge on any atom is -0.347 e. The first-order chi connectivity index (χ1) is 10.2. The van der Waals surface area contributed by atoms with Gasteiger partial charge in [0.1, 0.15) is 5.82 Å². The molecule has 5 nitrogen and oxygen atoms in total. The van der Waals surface area contributed by atoms with Crippen LogP contribution in [0.2, 0.25) is 0 Å². The van der Waals surface area contributed by atoms with Crippen molar-refractivity contribution in [3.05, 3.63) is 66.3 Å². The third-order valence-corrected chi connectivity index (χ3v) is 3.45. The van der Waals surface area contributed by atoms with E-state index in [1.54, 1.807) is 6.33 Å². The summed E-state index contributed by atoms with van der Waals surface area (Å²) in [4.78, 5) is 13.9. The predicted octanol–water partition coefficient (Wildman–Crippen LogP) is 2.54. The SMILES string of the molecule is Cc1ncc(CN(C)Cc2cnc[nH]2)n1-c1ccccc1. The molecule has 2 aromatic heterocycles. The van der Waals surface area contributed by atoms with Crippen LogP contribution in [0.5, 0.6) is 0 Å². The molecule has 1 N–H and O–H groups in total. The molecule has 21 heavy (non-hydrogen) atoms. The lowest BCUT2D eigenvalue weighted by molar-refractivity contribution is 0.309. The molecule has 1 aromatic carbocycles. The fourth-order valence-electron chi connectivity index (χ4n) is 2.53. The van der Waals surface area contributed by atoms with Gasteiger partial charge in [0.25, 0.3) is 0 Å². The Hall–Kier alpha value is -2.40. The normalized spacial score (nSPS) is 11.2. The van der Waals surface area contributed by atoms with Crippen molar-refractivity contribution in [3.63, 3.8) is 0 Å². The average molecular weight is 281 g/mol. The van der Waals surface area contributed by atoms with Gasteiger partial charge in [0.15, 0.2) is 0 Å². The maximum Gasteiger partial charge on any atom is 0.110 e. The van der Waals surface area contributed by atoms with Crippen molar-refractivity contribution in [2.24, 2.45) is 0 Å². The molecule has 5 heteroatoms. The van der Waals surface area contributed by atoms with Gasteiger partial charge in [-0.15, -0.1) is 0 Å². The van der Waals surface area contributed by atoms with Gasteiger partial charge < -0.3 is 4.98 Å². The first-order valence-electron chi connectivity index (χ1n) is 6.98. The number of aryl methyl sites for hydroxylation is 1. The van der Waals surface area contributed by atoms with Crippen LogP contribution in [-0.2, 0) is 13.1 Å². The summed E-state index contributed by atoms with van der Waals surface area (Å²) in [5.74, 6) is 1.01. The summed E-state index contributed by atoms with van der Waals surface area (Å²) in [5.41, 5.74) is 3.44. The van der Waals surface area contributed by atoms with Gasteiger partial charge in [0.05, 0.1) is 18.2 Å². The molecule has 0 radical (unpaired) electrons. The number of para-hydroxylation sites is 1. The Labute approximate surface area is 124 Å². The number of hydrogen-bond donors (Lipinski definition) is 1. The van der Waals surface area contributed by atoms with Crippen LogP contribution in [0.15, 0.2) is 49.1 Å². The number of benzene rings is 1. The number of nitrogens with zero attached hydrogens (tertiary/aromatic N) is 4. The molecule has 0 fully saturated rings. The van der Waals surface area contributed by atoms with Gasteiger partial charge in [0.2, 0.25) is 0 Å². The Kier molecular flexibility index (Phi) is 3.83. The van der Waals surface area contributed by atoms with Gasteiger partial charge in [-0.25, -0.2) is 9.97 Å². The third kappa shape index (κ3) is 3.03. The maximum absolute atomic E-state index is 4.46. The van der Waals surface area contributed by atoms with E-state index in [0.717, 1.165) is 30.3 Å². The summed E-state index contributed by atoms with van der Waals surface area (Å²) < 4.78 is 2.20. The van der Waals surface area contributed by atoms with E-state index in [9.17, 15) is 0 Å². The van der Waals surface area contributed by atoms with E-state index < -0.39 is 0 Å². The number of rotatable bonds is 5. The molecule has 0 atom stereocenters. The zero-order valence-electron chi connectivity index (χ0n) is 12.3. The van der Waals surface area contributed by atoms with Crippen molar-refractivity contribution < 1.29 is 0 Å². The van der Waals surface area contributed by atoms with E-state index in [2.05, 4.69) is 43.6 Å². The van der Waals surface area contributed by atoms with E-state index in [-0.39, 0.29) is 0 Å². The fourth-order valence-corrected chi connectivity index (χ4v) is 2.53. The number of hydrogen-bond acceptors (Lipinski definition) is 3. The van der Waals surface area contributed by atoms with Gasteiger partial charge in [-0.3, -0.25) is 9.47 Å². The molecule has 0 unspecified atom stereocenters. The van der Waals surface area contributed by atoms with Crippen molar-refractivity contribution in [3.8, 4) is 5.69 Å². The lowest BCUT2D eigenvalue weighted by atomic mass is 10.3. The van der Waals surface area contributed by atoms with Gasteiger partial charge in [-0.2, -0.15) is 0 Å². The molecule has 0 aliphatic carbocycles. The van der Waals surface area contributed by atoms with Crippen LogP contribution >= 0.6 is 0 Å². The number of aromatic amines is 1. The molecular formula is C16H19N5. The van der Waals surface area contributed by atoms with Crippen LogP contribution in [0.4, 0.5) is 0 Å². The van der Waals surface area contributed by atoms with Crippen LogP contribution < -0.4 is 0 Å². The van der Waals surface area contributed by atoms with Crippen molar-refractivity contribution in [2.75, 3.05) is 7.05 Å². The van der Waals surface area contributed by atoms with Crippen molar-refractivity contribution in [1.29, 1.82) is 0 Å². The Balaban J connectivity index is 1.80. The Morgan fingerprint density at radius 2 is 1.95 bits per heavy atom. The second kappa shape index (κ2) is 5.93. The van der Waals surface area contributed by atoms with Crippen molar-refractivity contribution >= 4 is 0 Å². The minimum absolute atomic E-state index is 0.828. The van der Waals surface area contributed by atoms with Crippen LogP contribution in [0.1, 0.15) is 17.2 Å². The van der Waals surface area contributed by atoms with Crippen molar-refractivity contribution in [1.82, 2.24) is 24.4 Å².